The van der Waals surface area contributed by atoms with Crippen LogP contribution in [0.15, 0.2) is 70.0 Å². The molecule has 0 spiro atoms. The van der Waals surface area contributed by atoms with E-state index in [1.54, 1.807) is 0 Å². The second-order valence-corrected chi connectivity index (χ2v) is 16.5. The molecule has 3 aliphatic rings. The predicted molar refractivity (Wildman–Crippen MR) is 190 cm³/mol. The van der Waals surface area contributed by atoms with Gasteiger partial charge in [-0.3, -0.25) is 4.79 Å². The fraction of sp³-hybridized carbons (Fsp3) is 0.308. The fourth-order valence-corrected chi connectivity index (χ4v) is 9.09. The maximum atomic E-state index is 15.3. The van der Waals surface area contributed by atoms with Gasteiger partial charge in [0.15, 0.2) is 23.3 Å². The third-order valence-corrected chi connectivity index (χ3v) is 12.8. The first kappa shape index (κ1) is 36.8. The highest BCUT2D eigenvalue weighted by molar-refractivity contribution is 9.10. The molecule has 8 nitrogen and oxygen atoms in total. The standard InChI is InChI=1S/C39H32BrF4N3O5S/c40-33-34(41)35(42)36(43)37(44)38(33)53(51,52)46(19-27-4-2-1-3-26(27)17-45)20-32(48)47(31-12-11-25(39(49)50)16-30(31)24-9-10-24)18-21-13-28(22-5-6-22)15-29(14-21)23-7-8-23/h1-4,11-16,22-24H,5-10,18-20H2,(H,49,50). The maximum Gasteiger partial charge on any atom is 0.335 e. The molecule has 274 valence electrons. The molecule has 0 aromatic heterocycles. The van der Waals surface area contributed by atoms with Gasteiger partial charge < -0.3 is 10.0 Å². The minimum absolute atomic E-state index is 0.00722. The van der Waals surface area contributed by atoms with E-state index in [4.69, 9.17) is 0 Å². The number of anilines is 1. The van der Waals surface area contributed by atoms with Crippen molar-refractivity contribution in [2.24, 2.45) is 0 Å². The maximum absolute atomic E-state index is 15.3. The van der Waals surface area contributed by atoms with Crippen LogP contribution in [-0.4, -0.2) is 36.3 Å². The third kappa shape index (κ3) is 7.47. The minimum Gasteiger partial charge on any atom is -0.478 e. The summed E-state index contributed by atoms with van der Waals surface area (Å²) >= 11 is 2.58. The van der Waals surface area contributed by atoms with Crippen molar-refractivity contribution in [2.45, 2.75) is 74.3 Å². The average molecular weight is 811 g/mol. The van der Waals surface area contributed by atoms with E-state index in [0.717, 1.165) is 55.2 Å². The van der Waals surface area contributed by atoms with Crippen molar-refractivity contribution < 1.29 is 40.7 Å². The molecule has 53 heavy (non-hydrogen) atoms. The van der Waals surface area contributed by atoms with Crippen LogP contribution in [0.2, 0.25) is 0 Å². The fourth-order valence-electron chi connectivity index (χ4n) is 6.65. The number of hydrogen-bond donors (Lipinski definition) is 1. The van der Waals surface area contributed by atoms with E-state index in [1.165, 1.54) is 47.4 Å². The van der Waals surface area contributed by atoms with Gasteiger partial charge >= 0.3 is 5.97 Å². The number of carboxylic acids is 1. The smallest absolute Gasteiger partial charge is 0.335 e. The summed E-state index contributed by atoms with van der Waals surface area (Å²) in [6, 6.07) is 18.4. The van der Waals surface area contributed by atoms with Gasteiger partial charge in [0.2, 0.25) is 15.9 Å². The number of carbonyl (C=O) groups is 2. The Kier molecular flexibility index (Phi) is 9.95. The number of amides is 1. The molecule has 3 fully saturated rings. The number of aromatic carboxylic acids is 1. The van der Waals surface area contributed by atoms with Crippen molar-refractivity contribution >= 4 is 43.5 Å². The number of nitrogens with zero attached hydrogens (tertiary/aromatic N) is 3. The number of hydrogen-bond acceptors (Lipinski definition) is 5. The van der Waals surface area contributed by atoms with Crippen LogP contribution in [0.4, 0.5) is 23.2 Å². The van der Waals surface area contributed by atoms with Crippen molar-refractivity contribution in [3.05, 3.63) is 127 Å². The minimum atomic E-state index is -5.35. The molecule has 0 aliphatic heterocycles. The van der Waals surface area contributed by atoms with Crippen LogP contribution in [0.3, 0.4) is 0 Å². The van der Waals surface area contributed by atoms with Crippen molar-refractivity contribution in [2.75, 3.05) is 11.4 Å². The van der Waals surface area contributed by atoms with Crippen molar-refractivity contribution in [1.82, 2.24) is 4.31 Å². The third-order valence-electron chi connectivity index (χ3n) is 9.92. The lowest BCUT2D eigenvalue weighted by atomic mass is 9.98. The summed E-state index contributed by atoms with van der Waals surface area (Å²) in [6.45, 7) is -1.74. The van der Waals surface area contributed by atoms with Gasteiger partial charge in [0.1, 0.15) is 4.90 Å². The number of benzene rings is 4. The van der Waals surface area contributed by atoms with Crippen LogP contribution < -0.4 is 4.90 Å². The topological polar surface area (TPSA) is 119 Å². The first-order chi connectivity index (χ1) is 25.3. The van der Waals surface area contributed by atoms with E-state index < -0.39 is 67.6 Å². The number of nitriles is 1. The Labute approximate surface area is 311 Å². The molecular weight excluding hydrogens is 778 g/mol. The van der Waals surface area contributed by atoms with Crippen LogP contribution in [0.25, 0.3) is 0 Å². The summed E-state index contributed by atoms with van der Waals surface area (Å²) in [6.07, 6.45) is 5.61. The van der Waals surface area contributed by atoms with Crippen LogP contribution >= 0.6 is 15.9 Å². The molecule has 1 N–H and O–H groups in total. The number of carbonyl (C=O) groups excluding carboxylic acids is 1. The van der Waals surface area contributed by atoms with Gasteiger partial charge in [0.05, 0.1) is 34.8 Å². The summed E-state index contributed by atoms with van der Waals surface area (Å²) in [7, 11) is -5.35. The van der Waals surface area contributed by atoms with Crippen LogP contribution in [0, 0.1) is 34.6 Å². The van der Waals surface area contributed by atoms with E-state index in [2.05, 4.69) is 22.0 Å². The lowest BCUT2D eigenvalue weighted by molar-refractivity contribution is -0.119. The summed E-state index contributed by atoms with van der Waals surface area (Å²) < 4.78 is 86.7. The molecule has 0 saturated heterocycles. The molecular formula is C39H32BrF4N3O5S. The monoisotopic (exact) mass is 809 g/mol. The normalized spacial score (nSPS) is 15.7. The lowest BCUT2D eigenvalue weighted by Gasteiger charge is -2.30. The van der Waals surface area contributed by atoms with Gasteiger partial charge in [-0.1, -0.05) is 36.4 Å². The van der Waals surface area contributed by atoms with Crippen molar-refractivity contribution in [3.63, 3.8) is 0 Å². The molecule has 0 radical (unpaired) electrons. The van der Waals surface area contributed by atoms with Gasteiger partial charge in [-0.05, 0) is 124 Å². The Hall–Kier alpha value is -4.58. The van der Waals surface area contributed by atoms with E-state index in [9.17, 15) is 41.5 Å². The number of rotatable bonds is 13. The molecule has 0 heterocycles. The average Bonchev–Trinajstić information content (AvgIpc) is 3.98. The van der Waals surface area contributed by atoms with E-state index in [-0.39, 0.29) is 29.2 Å². The molecule has 0 atom stereocenters. The van der Waals surface area contributed by atoms with Gasteiger partial charge in [-0.15, -0.1) is 0 Å². The predicted octanol–water partition coefficient (Wildman–Crippen LogP) is 8.63. The Bertz CT molecular complexity index is 2260. The van der Waals surface area contributed by atoms with Gasteiger partial charge in [-0.2, -0.15) is 9.57 Å². The molecule has 4 aromatic carbocycles. The Morgan fingerprint density at radius 1 is 0.811 bits per heavy atom. The molecule has 4 aromatic rings. The van der Waals surface area contributed by atoms with E-state index in [0.29, 0.717) is 27.4 Å². The molecule has 3 aliphatic carbocycles. The first-order valence-corrected chi connectivity index (χ1v) is 19.3. The highest BCUT2D eigenvalue weighted by Gasteiger charge is 2.39. The number of carboxylic acid groups (broad SMARTS) is 1. The van der Waals surface area contributed by atoms with Crippen LogP contribution in [0.1, 0.15) is 100 Å². The van der Waals surface area contributed by atoms with Gasteiger partial charge in [-0.25, -0.2) is 30.8 Å². The Balaban J connectivity index is 1.35. The van der Waals surface area contributed by atoms with Gasteiger partial charge in [0, 0.05) is 12.2 Å². The van der Waals surface area contributed by atoms with Crippen molar-refractivity contribution in [3.8, 4) is 6.07 Å². The summed E-state index contributed by atoms with van der Waals surface area (Å²) in [4.78, 5) is 26.5. The lowest BCUT2D eigenvalue weighted by Crippen LogP contribution is -2.43. The van der Waals surface area contributed by atoms with E-state index in [1.807, 2.05) is 18.2 Å². The Morgan fingerprint density at radius 2 is 1.42 bits per heavy atom. The highest BCUT2D eigenvalue weighted by Crippen LogP contribution is 2.47. The molecule has 1 amide bonds. The zero-order valence-electron chi connectivity index (χ0n) is 28.1. The van der Waals surface area contributed by atoms with Crippen molar-refractivity contribution in [1.29, 1.82) is 5.26 Å². The largest absolute Gasteiger partial charge is 0.478 e. The molecule has 0 unspecified atom stereocenters. The summed E-state index contributed by atoms with van der Waals surface area (Å²) in [5, 5.41) is 19.5. The second-order valence-electron chi connectivity index (χ2n) is 13.8. The zero-order chi connectivity index (χ0) is 37.8. The molecule has 0 bridgehead atoms. The van der Waals surface area contributed by atoms with E-state index >= 15 is 4.39 Å². The zero-order valence-corrected chi connectivity index (χ0v) is 30.5. The quantitative estimate of drug-likeness (QED) is 0.0821. The molecule has 14 heteroatoms. The molecule has 7 rings (SSSR count). The van der Waals surface area contributed by atoms with Gasteiger partial charge in [0.25, 0.3) is 0 Å². The molecule has 3 saturated carbocycles. The highest BCUT2D eigenvalue weighted by atomic mass is 79.9. The SMILES string of the molecule is N#Cc1ccccc1CN(CC(=O)N(Cc1cc(C2CC2)cc(C2CC2)c1)c1ccc(C(=O)O)cc1C1CC1)S(=O)(=O)c1c(F)c(F)c(F)c(F)c1Br. The summed E-state index contributed by atoms with van der Waals surface area (Å²) in [5.41, 5.74) is 4.12. The van der Waals surface area contributed by atoms with Crippen LogP contribution in [0.5, 0.6) is 0 Å². The number of halogens is 5. The second kappa shape index (κ2) is 14.3. The summed E-state index contributed by atoms with van der Waals surface area (Å²) in [5.74, 6) is -10.0. The number of sulfonamides is 1. The Morgan fingerprint density at radius 3 is 2.00 bits per heavy atom. The first-order valence-electron chi connectivity index (χ1n) is 17.1. The van der Waals surface area contributed by atoms with Crippen LogP contribution in [-0.2, 0) is 27.9 Å².